The molecule has 0 spiro atoms. The number of ether oxygens (including phenoxy) is 1. The Labute approximate surface area is 111 Å². The molecule has 1 aliphatic heterocycles. The first-order valence-electron chi connectivity index (χ1n) is 5.11. The third-order valence-corrected chi connectivity index (χ3v) is 5.90. The maximum atomic E-state index is 5.44. The molecule has 0 aliphatic carbocycles. The lowest BCUT2D eigenvalue weighted by Gasteiger charge is -2.35. The van der Waals surface area contributed by atoms with Gasteiger partial charge in [-0.3, -0.25) is 0 Å². The Morgan fingerprint density at radius 1 is 1.40 bits per heavy atom. The van der Waals surface area contributed by atoms with Gasteiger partial charge in [0.25, 0.3) is 0 Å². The average Bonchev–Trinajstić information content (AvgIpc) is 2.65. The molecular weight excluding hydrogens is 340 g/mol. The van der Waals surface area contributed by atoms with Crippen LogP contribution in [-0.4, -0.2) is 18.5 Å². The maximum Gasteiger partial charge on any atom is 0.0471 e. The highest BCUT2D eigenvalue weighted by atomic mass is 79.9. The van der Waals surface area contributed by atoms with Gasteiger partial charge in [-0.15, -0.1) is 11.3 Å². The molecule has 2 heterocycles. The van der Waals surface area contributed by atoms with E-state index in [4.69, 9.17) is 4.74 Å². The fourth-order valence-corrected chi connectivity index (χ4v) is 4.36. The van der Waals surface area contributed by atoms with E-state index < -0.39 is 0 Å². The van der Waals surface area contributed by atoms with Crippen molar-refractivity contribution in [3.8, 4) is 0 Å². The van der Waals surface area contributed by atoms with Crippen molar-refractivity contribution in [2.45, 2.75) is 19.3 Å². The van der Waals surface area contributed by atoms with Gasteiger partial charge < -0.3 is 4.74 Å². The quantitative estimate of drug-likeness (QED) is 0.738. The monoisotopic (exact) mass is 352 g/mol. The van der Waals surface area contributed by atoms with Crippen LogP contribution in [0.2, 0.25) is 0 Å². The van der Waals surface area contributed by atoms with Crippen molar-refractivity contribution in [1.82, 2.24) is 0 Å². The van der Waals surface area contributed by atoms with Gasteiger partial charge in [0, 0.05) is 33.3 Å². The highest BCUT2D eigenvalue weighted by molar-refractivity contribution is 9.10. The minimum Gasteiger partial charge on any atom is -0.381 e. The van der Waals surface area contributed by atoms with Crippen LogP contribution in [0.15, 0.2) is 15.9 Å². The number of hydrogen-bond donors (Lipinski definition) is 0. The summed E-state index contributed by atoms with van der Waals surface area (Å²) in [6, 6.07) is 2.24. The van der Waals surface area contributed by atoms with Gasteiger partial charge in [-0.2, -0.15) is 0 Å². The average molecular weight is 354 g/mol. The Balaban J connectivity index is 2.06. The largest absolute Gasteiger partial charge is 0.381 e. The van der Waals surface area contributed by atoms with E-state index in [1.807, 2.05) is 11.3 Å². The van der Waals surface area contributed by atoms with Crippen molar-refractivity contribution in [2.75, 3.05) is 18.5 Å². The summed E-state index contributed by atoms with van der Waals surface area (Å²) in [6.45, 7) is 1.83. The van der Waals surface area contributed by atoms with Gasteiger partial charge in [-0.05, 0) is 46.7 Å². The third kappa shape index (κ3) is 3.05. The molecule has 1 aliphatic rings. The van der Waals surface area contributed by atoms with Crippen molar-refractivity contribution < 1.29 is 4.74 Å². The second-order valence-corrected chi connectivity index (χ2v) is 6.63. The number of thiophene rings is 1. The first kappa shape index (κ1) is 12.1. The standard InChI is InChI=1S/C11H14Br2OS/c12-8-11(1-3-14-4-2-11)6-10-5-9(13)7-15-10/h5,7H,1-4,6,8H2. The van der Waals surface area contributed by atoms with Crippen LogP contribution < -0.4 is 0 Å². The van der Waals surface area contributed by atoms with E-state index in [0.29, 0.717) is 5.41 Å². The zero-order valence-corrected chi connectivity index (χ0v) is 12.5. The molecule has 0 amide bonds. The molecule has 15 heavy (non-hydrogen) atoms. The number of rotatable bonds is 3. The second kappa shape index (κ2) is 5.30. The Hall–Kier alpha value is 0.620. The summed E-state index contributed by atoms with van der Waals surface area (Å²) < 4.78 is 6.65. The molecule has 1 aromatic heterocycles. The molecule has 84 valence electrons. The number of hydrogen-bond acceptors (Lipinski definition) is 2. The zero-order valence-electron chi connectivity index (χ0n) is 8.47. The predicted octanol–water partition coefficient (Wildman–Crippen LogP) is 4.24. The molecule has 0 N–H and O–H groups in total. The van der Waals surface area contributed by atoms with Crippen molar-refractivity contribution in [3.05, 3.63) is 20.8 Å². The summed E-state index contributed by atoms with van der Waals surface area (Å²) in [5, 5.41) is 3.25. The zero-order chi connectivity index (χ0) is 10.7. The fraction of sp³-hybridized carbons (Fsp3) is 0.636. The van der Waals surface area contributed by atoms with Crippen molar-refractivity contribution in [1.29, 1.82) is 0 Å². The van der Waals surface area contributed by atoms with E-state index in [2.05, 4.69) is 43.3 Å². The van der Waals surface area contributed by atoms with Crippen molar-refractivity contribution >= 4 is 43.2 Å². The Morgan fingerprint density at radius 2 is 2.13 bits per heavy atom. The molecule has 1 nitrogen and oxygen atoms in total. The SMILES string of the molecule is BrCC1(Cc2cc(Br)cs2)CCOCC1. The molecule has 0 saturated carbocycles. The van der Waals surface area contributed by atoms with Crippen LogP contribution in [0.5, 0.6) is 0 Å². The molecule has 0 radical (unpaired) electrons. The lowest BCUT2D eigenvalue weighted by Crippen LogP contribution is -2.32. The van der Waals surface area contributed by atoms with E-state index in [-0.39, 0.29) is 0 Å². The lowest BCUT2D eigenvalue weighted by molar-refractivity contribution is 0.0273. The second-order valence-electron chi connectivity index (χ2n) is 4.15. The molecule has 0 atom stereocenters. The molecule has 1 saturated heterocycles. The summed E-state index contributed by atoms with van der Waals surface area (Å²) in [5.74, 6) is 0. The molecule has 0 bridgehead atoms. The summed E-state index contributed by atoms with van der Waals surface area (Å²) in [6.07, 6.45) is 3.53. The molecule has 0 unspecified atom stereocenters. The van der Waals surface area contributed by atoms with Crippen LogP contribution in [0.3, 0.4) is 0 Å². The molecular formula is C11H14Br2OS. The number of alkyl halides is 1. The summed E-state index contributed by atoms with van der Waals surface area (Å²) >= 11 is 9.03. The van der Waals surface area contributed by atoms with Gasteiger partial charge in [0.2, 0.25) is 0 Å². The molecule has 0 aromatic carbocycles. The first-order chi connectivity index (χ1) is 7.24. The molecule has 1 fully saturated rings. The summed E-state index contributed by atoms with van der Waals surface area (Å²) in [4.78, 5) is 1.48. The maximum absolute atomic E-state index is 5.44. The van der Waals surface area contributed by atoms with E-state index in [0.717, 1.165) is 18.5 Å². The highest BCUT2D eigenvalue weighted by Gasteiger charge is 2.32. The first-order valence-corrected chi connectivity index (χ1v) is 7.90. The predicted molar refractivity (Wildman–Crippen MR) is 72.0 cm³/mol. The topological polar surface area (TPSA) is 9.23 Å². The van der Waals surface area contributed by atoms with Crippen LogP contribution in [0.25, 0.3) is 0 Å². The van der Waals surface area contributed by atoms with Gasteiger partial charge >= 0.3 is 0 Å². The molecule has 1 aromatic rings. The third-order valence-electron chi connectivity index (χ3n) is 3.01. The smallest absolute Gasteiger partial charge is 0.0471 e. The van der Waals surface area contributed by atoms with Crippen LogP contribution in [0, 0.1) is 5.41 Å². The van der Waals surface area contributed by atoms with Crippen molar-refractivity contribution in [3.63, 3.8) is 0 Å². The Bertz CT molecular complexity index is 318. The minimum absolute atomic E-state index is 0.419. The molecule has 4 heteroatoms. The number of halogens is 2. The van der Waals surface area contributed by atoms with E-state index >= 15 is 0 Å². The van der Waals surface area contributed by atoms with Gasteiger partial charge in [0.1, 0.15) is 0 Å². The van der Waals surface area contributed by atoms with Gasteiger partial charge in [-0.1, -0.05) is 15.9 Å². The van der Waals surface area contributed by atoms with Gasteiger partial charge in [0.05, 0.1) is 0 Å². The van der Waals surface area contributed by atoms with E-state index in [9.17, 15) is 0 Å². The van der Waals surface area contributed by atoms with Crippen LogP contribution in [-0.2, 0) is 11.2 Å². The van der Waals surface area contributed by atoms with Crippen molar-refractivity contribution in [2.24, 2.45) is 5.41 Å². The Kier molecular flexibility index (Phi) is 4.27. The van der Waals surface area contributed by atoms with Crippen LogP contribution in [0.4, 0.5) is 0 Å². The van der Waals surface area contributed by atoms with Gasteiger partial charge in [-0.25, -0.2) is 0 Å². The lowest BCUT2D eigenvalue weighted by atomic mass is 9.79. The van der Waals surface area contributed by atoms with Crippen LogP contribution >= 0.6 is 43.2 Å². The van der Waals surface area contributed by atoms with E-state index in [1.54, 1.807) is 0 Å². The minimum atomic E-state index is 0.419. The van der Waals surface area contributed by atoms with E-state index in [1.165, 1.54) is 28.6 Å². The Morgan fingerprint density at radius 3 is 2.67 bits per heavy atom. The normalized spacial score (nSPS) is 20.4. The molecule has 2 rings (SSSR count). The fourth-order valence-electron chi connectivity index (χ4n) is 1.98. The summed E-state index contributed by atoms with van der Waals surface area (Å²) in [5.41, 5.74) is 0.419. The highest BCUT2D eigenvalue weighted by Crippen LogP contribution is 2.38. The van der Waals surface area contributed by atoms with Crippen LogP contribution in [0.1, 0.15) is 17.7 Å². The summed E-state index contributed by atoms with van der Waals surface area (Å²) in [7, 11) is 0. The van der Waals surface area contributed by atoms with Gasteiger partial charge in [0.15, 0.2) is 0 Å².